The topological polar surface area (TPSA) is 166 Å². The van der Waals surface area contributed by atoms with Crippen molar-refractivity contribution >= 4 is 35.2 Å². The molecule has 4 N–H and O–H groups in total. The number of fused-ring (bicyclic) bond motifs is 2. The standard InChI is InChI=1S/C34H43N7O6/c1-21(2)16-27-32(44)38-28(17-23-10-7-6-8-11-23)31(43)35-14-15-41(34(46)24-12-9-13-25(18-24)40(4)5)20-26-19-29(39-47-26)33(45)36-22(3)30(42)37-27/h6-13,18-19,21-22,27-28H,14-17,20H2,1-5H3,(H,35,43)(H,36,45)(H,37,42)(H,38,44)/t22-,27-,28-/m1/s1. The van der Waals surface area contributed by atoms with Crippen molar-refractivity contribution in [1.82, 2.24) is 31.3 Å². The van der Waals surface area contributed by atoms with E-state index >= 15 is 0 Å². The first-order chi connectivity index (χ1) is 22.4. The summed E-state index contributed by atoms with van der Waals surface area (Å²) in [6.07, 6.45) is 0.505. The van der Waals surface area contributed by atoms with Crippen LogP contribution in [0.1, 0.15) is 59.4 Å². The van der Waals surface area contributed by atoms with Crippen LogP contribution in [0.4, 0.5) is 5.69 Å². The third-order valence-corrected chi connectivity index (χ3v) is 7.71. The minimum absolute atomic E-state index is 0.0331. The van der Waals surface area contributed by atoms with Crippen LogP contribution in [0.2, 0.25) is 0 Å². The van der Waals surface area contributed by atoms with E-state index in [9.17, 15) is 24.0 Å². The zero-order valence-corrected chi connectivity index (χ0v) is 27.4. The number of nitrogens with zero attached hydrogens (tertiary/aromatic N) is 3. The lowest BCUT2D eigenvalue weighted by atomic mass is 10.0. The Morgan fingerprint density at radius 1 is 0.936 bits per heavy atom. The maximum Gasteiger partial charge on any atom is 0.274 e. The first-order valence-corrected chi connectivity index (χ1v) is 15.7. The molecule has 0 aliphatic carbocycles. The molecule has 2 aromatic carbocycles. The molecule has 0 saturated carbocycles. The molecule has 2 heterocycles. The third kappa shape index (κ3) is 9.65. The van der Waals surface area contributed by atoms with Gasteiger partial charge in [0.1, 0.15) is 18.1 Å². The highest BCUT2D eigenvalue weighted by molar-refractivity contribution is 5.98. The zero-order chi connectivity index (χ0) is 34.1. The summed E-state index contributed by atoms with van der Waals surface area (Å²) < 4.78 is 5.42. The van der Waals surface area contributed by atoms with E-state index < -0.39 is 41.8 Å². The van der Waals surface area contributed by atoms with Crippen molar-refractivity contribution in [1.29, 1.82) is 0 Å². The molecule has 0 saturated heterocycles. The minimum Gasteiger partial charge on any atom is -0.378 e. The number of hydrogen-bond acceptors (Lipinski definition) is 8. The Labute approximate surface area is 274 Å². The molecule has 4 rings (SSSR count). The van der Waals surface area contributed by atoms with Gasteiger partial charge in [0.15, 0.2) is 11.5 Å². The molecule has 0 fully saturated rings. The van der Waals surface area contributed by atoms with Crippen LogP contribution in [0.25, 0.3) is 0 Å². The van der Waals surface area contributed by atoms with Gasteiger partial charge < -0.3 is 35.6 Å². The monoisotopic (exact) mass is 645 g/mol. The van der Waals surface area contributed by atoms with Crippen LogP contribution < -0.4 is 26.2 Å². The summed E-state index contributed by atoms with van der Waals surface area (Å²) in [6, 6.07) is 14.8. The average Bonchev–Trinajstić information content (AvgIpc) is 3.52. The van der Waals surface area contributed by atoms with E-state index in [1.807, 2.05) is 69.2 Å². The van der Waals surface area contributed by atoms with Crippen LogP contribution in [0.5, 0.6) is 0 Å². The maximum absolute atomic E-state index is 13.8. The Kier molecular flexibility index (Phi) is 11.7. The van der Waals surface area contributed by atoms with Crippen LogP contribution in [-0.2, 0) is 27.3 Å². The van der Waals surface area contributed by atoms with Crippen molar-refractivity contribution in [3.8, 4) is 0 Å². The van der Waals surface area contributed by atoms with Gasteiger partial charge in [0.2, 0.25) is 17.7 Å². The van der Waals surface area contributed by atoms with Crippen molar-refractivity contribution in [3.05, 3.63) is 83.2 Å². The number of rotatable bonds is 6. The van der Waals surface area contributed by atoms with E-state index in [1.165, 1.54) is 17.9 Å². The second-order valence-corrected chi connectivity index (χ2v) is 12.3. The Bertz CT molecular complexity index is 1570. The van der Waals surface area contributed by atoms with Crippen molar-refractivity contribution in [2.24, 2.45) is 5.92 Å². The summed E-state index contributed by atoms with van der Waals surface area (Å²) in [6.45, 7) is 5.42. The van der Waals surface area contributed by atoms with Gasteiger partial charge in [0.25, 0.3) is 11.8 Å². The second kappa shape index (κ2) is 15.9. The van der Waals surface area contributed by atoms with Gasteiger partial charge in [0, 0.05) is 50.9 Å². The molecule has 0 spiro atoms. The molecule has 47 heavy (non-hydrogen) atoms. The second-order valence-electron chi connectivity index (χ2n) is 12.3. The number of carbonyl (C=O) groups is 5. The van der Waals surface area contributed by atoms with E-state index in [0.717, 1.165) is 11.3 Å². The Morgan fingerprint density at radius 3 is 2.36 bits per heavy atom. The molecule has 1 aromatic heterocycles. The van der Waals surface area contributed by atoms with Gasteiger partial charge in [-0.15, -0.1) is 0 Å². The van der Waals surface area contributed by atoms with Gasteiger partial charge in [-0.3, -0.25) is 24.0 Å². The molecule has 1 aliphatic rings. The molecule has 0 radical (unpaired) electrons. The predicted octanol–water partition coefficient (Wildman–Crippen LogP) is 1.89. The molecule has 0 unspecified atom stereocenters. The van der Waals surface area contributed by atoms with Crippen molar-refractivity contribution in [2.45, 2.75) is 58.3 Å². The fourth-order valence-electron chi connectivity index (χ4n) is 5.14. The highest BCUT2D eigenvalue weighted by Crippen LogP contribution is 2.17. The fourth-order valence-corrected chi connectivity index (χ4v) is 5.14. The highest BCUT2D eigenvalue weighted by Gasteiger charge is 2.30. The molecule has 1 aliphatic heterocycles. The van der Waals surface area contributed by atoms with Crippen LogP contribution in [-0.4, -0.2) is 84.9 Å². The first-order valence-electron chi connectivity index (χ1n) is 15.7. The van der Waals surface area contributed by atoms with E-state index in [2.05, 4.69) is 26.4 Å². The zero-order valence-electron chi connectivity index (χ0n) is 27.4. The summed E-state index contributed by atoms with van der Waals surface area (Å²) in [5.41, 5.74) is 2.01. The van der Waals surface area contributed by atoms with Crippen molar-refractivity contribution in [2.75, 3.05) is 32.1 Å². The van der Waals surface area contributed by atoms with Gasteiger partial charge in [-0.25, -0.2) is 0 Å². The molecule has 2 bridgehead atoms. The minimum atomic E-state index is -1.02. The van der Waals surface area contributed by atoms with Crippen LogP contribution in [0.15, 0.2) is 65.2 Å². The molecular weight excluding hydrogens is 602 g/mol. The number of carbonyl (C=O) groups excluding carboxylic acids is 5. The quantitative estimate of drug-likeness (QED) is 0.316. The van der Waals surface area contributed by atoms with Crippen molar-refractivity contribution in [3.63, 3.8) is 0 Å². The maximum atomic E-state index is 13.8. The highest BCUT2D eigenvalue weighted by atomic mass is 16.5. The fraction of sp³-hybridized carbons (Fsp3) is 0.412. The Hall–Kier alpha value is -5.20. The summed E-state index contributed by atoms with van der Waals surface area (Å²) in [5, 5.41) is 14.9. The van der Waals surface area contributed by atoms with Gasteiger partial charge >= 0.3 is 0 Å². The van der Waals surface area contributed by atoms with Crippen LogP contribution in [0.3, 0.4) is 0 Å². The lowest BCUT2D eigenvalue weighted by Crippen LogP contribution is -2.57. The van der Waals surface area contributed by atoms with Gasteiger partial charge in [-0.05, 0) is 43.0 Å². The lowest BCUT2D eigenvalue weighted by molar-refractivity contribution is -0.132. The summed E-state index contributed by atoms with van der Waals surface area (Å²) >= 11 is 0. The third-order valence-electron chi connectivity index (χ3n) is 7.71. The Balaban J connectivity index is 1.66. The number of nitrogens with one attached hydrogen (secondary N) is 4. The molecule has 13 heteroatoms. The summed E-state index contributed by atoms with van der Waals surface area (Å²) in [4.78, 5) is 70.4. The van der Waals surface area contributed by atoms with Crippen LogP contribution >= 0.6 is 0 Å². The molecule has 3 atom stereocenters. The number of hydrogen-bond donors (Lipinski definition) is 4. The van der Waals surface area contributed by atoms with E-state index in [1.54, 1.807) is 18.2 Å². The van der Waals surface area contributed by atoms with Gasteiger partial charge in [-0.1, -0.05) is 55.4 Å². The molecule has 13 nitrogen and oxygen atoms in total. The number of anilines is 1. The normalized spacial score (nSPS) is 20.0. The molecular formula is C34H43N7O6. The van der Waals surface area contributed by atoms with E-state index in [0.29, 0.717) is 12.0 Å². The van der Waals surface area contributed by atoms with E-state index in [4.69, 9.17) is 4.52 Å². The first kappa shape index (κ1) is 34.7. The van der Waals surface area contributed by atoms with E-state index in [-0.39, 0.29) is 49.3 Å². The average molecular weight is 646 g/mol. The number of amides is 5. The van der Waals surface area contributed by atoms with Gasteiger partial charge in [0.05, 0.1) is 6.54 Å². The molecule has 250 valence electrons. The smallest absolute Gasteiger partial charge is 0.274 e. The largest absolute Gasteiger partial charge is 0.378 e. The predicted molar refractivity (Wildman–Crippen MR) is 175 cm³/mol. The van der Waals surface area contributed by atoms with Crippen molar-refractivity contribution < 1.29 is 28.5 Å². The summed E-state index contributed by atoms with van der Waals surface area (Å²) in [7, 11) is 3.74. The van der Waals surface area contributed by atoms with Crippen LogP contribution in [0, 0.1) is 5.92 Å². The molecule has 3 aromatic rings. The summed E-state index contributed by atoms with van der Waals surface area (Å²) in [5.74, 6) is -2.25. The van der Waals surface area contributed by atoms with Gasteiger partial charge in [-0.2, -0.15) is 0 Å². The number of benzene rings is 2. The molecule has 5 amide bonds. The number of aromatic nitrogens is 1. The SMILES string of the molecule is CC(C)C[C@H]1NC(=O)[C@@H](C)NC(=O)c2cc(on2)CN(C(=O)c2cccc(N(C)C)c2)CCNC(=O)[C@@H](Cc2ccccc2)NC1=O. The Morgan fingerprint density at radius 2 is 1.66 bits per heavy atom. The lowest BCUT2D eigenvalue weighted by Gasteiger charge is -2.26.